The summed E-state index contributed by atoms with van der Waals surface area (Å²) in [6.45, 7) is 0. The van der Waals surface area contributed by atoms with Crippen LogP contribution in [0.3, 0.4) is 0 Å². The molecule has 0 amide bonds. The van der Waals surface area contributed by atoms with Gasteiger partial charge in [-0.15, -0.1) is 0 Å². The number of hydrogen-bond donors (Lipinski definition) is 3. The molecule has 0 bridgehead atoms. The predicted molar refractivity (Wildman–Crippen MR) is 109 cm³/mol. The molecule has 3 N–H and O–H groups in total. The number of hydrogen-bond acceptors (Lipinski definition) is 8. The van der Waals surface area contributed by atoms with Crippen molar-refractivity contribution >= 4 is 39.0 Å². The monoisotopic (exact) mass is 413 g/mol. The molecule has 0 saturated carbocycles. The second kappa shape index (κ2) is 8.67. The summed E-state index contributed by atoms with van der Waals surface area (Å²) in [4.78, 5) is 19.9. The van der Waals surface area contributed by atoms with E-state index in [1.807, 2.05) is 0 Å². The van der Waals surface area contributed by atoms with Crippen LogP contribution in [-0.2, 0) is 14.8 Å². The highest BCUT2D eigenvalue weighted by molar-refractivity contribution is 7.89. The van der Waals surface area contributed by atoms with Crippen molar-refractivity contribution in [3.05, 3.63) is 66.5 Å². The van der Waals surface area contributed by atoms with Crippen molar-refractivity contribution in [1.29, 1.82) is 0 Å². The van der Waals surface area contributed by atoms with E-state index >= 15 is 0 Å². The van der Waals surface area contributed by atoms with Crippen LogP contribution in [-0.4, -0.2) is 38.5 Å². The second-order valence-electron chi connectivity index (χ2n) is 5.84. The lowest BCUT2D eigenvalue weighted by atomic mass is 10.2. The fraction of sp³-hybridized carbons (Fsp3) is 0.105. The van der Waals surface area contributed by atoms with Gasteiger partial charge in [0.2, 0.25) is 10.0 Å². The molecule has 0 aliphatic heterocycles. The van der Waals surface area contributed by atoms with Crippen LogP contribution in [0.5, 0.6) is 0 Å². The van der Waals surface area contributed by atoms with Gasteiger partial charge in [-0.05, 0) is 49.5 Å². The Bertz CT molecular complexity index is 1120. The molecule has 0 radical (unpaired) electrons. The van der Waals surface area contributed by atoms with Crippen LogP contribution >= 0.6 is 0 Å². The molecule has 0 atom stereocenters. The zero-order valence-corrected chi connectivity index (χ0v) is 16.5. The topological polar surface area (TPSA) is 122 Å². The van der Waals surface area contributed by atoms with Gasteiger partial charge in [0.25, 0.3) is 0 Å². The van der Waals surface area contributed by atoms with Gasteiger partial charge in [0.1, 0.15) is 18.0 Å². The first-order chi connectivity index (χ1) is 13.9. The molecular weight excluding hydrogens is 394 g/mol. The lowest BCUT2D eigenvalue weighted by Gasteiger charge is -2.10. The van der Waals surface area contributed by atoms with Gasteiger partial charge in [0.15, 0.2) is 0 Å². The number of esters is 1. The third kappa shape index (κ3) is 5.06. The zero-order chi connectivity index (χ0) is 20.9. The van der Waals surface area contributed by atoms with E-state index in [-0.39, 0.29) is 4.90 Å². The van der Waals surface area contributed by atoms with Gasteiger partial charge < -0.3 is 15.4 Å². The van der Waals surface area contributed by atoms with E-state index in [0.717, 1.165) is 5.69 Å². The first-order valence-electron chi connectivity index (χ1n) is 8.49. The van der Waals surface area contributed by atoms with E-state index in [9.17, 15) is 13.2 Å². The Morgan fingerprint density at radius 2 is 1.59 bits per heavy atom. The number of nitrogens with one attached hydrogen (secondary N) is 3. The number of benzene rings is 2. The minimum Gasteiger partial charge on any atom is -0.465 e. The summed E-state index contributed by atoms with van der Waals surface area (Å²) in [6, 6.07) is 14.8. The third-order valence-electron chi connectivity index (χ3n) is 3.93. The lowest BCUT2D eigenvalue weighted by molar-refractivity contribution is 0.0600. The van der Waals surface area contributed by atoms with Gasteiger partial charge in [-0.25, -0.2) is 27.9 Å². The molecule has 1 heterocycles. The Kier molecular flexibility index (Phi) is 6.05. The summed E-state index contributed by atoms with van der Waals surface area (Å²) in [5.41, 5.74) is 1.73. The highest BCUT2D eigenvalue weighted by atomic mass is 32.2. The lowest BCUT2D eigenvalue weighted by Crippen LogP contribution is -2.18. The van der Waals surface area contributed by atoms with Gasteiger partial charge in [-0.3, -0.25) is 0 Å². The average molecular weight is 413 g/mol. The largest absolute Gasteiger partial charge is 0.465 e. The molecule has 1 aromatic heterocycles. The fourth-order valence-corrected chi connectivity index (χ4v) is 3.23. The number of nitrogens with zero attached hydrogens (tertiary/aromatic N) is 2. The summed E-state index contributed by atoms with van der Waals surface area (Å²) in [5, 5.41) is 6.16. The molecule has 0 aliphatic carbocycles. The summed E-state index contributed by atoms with van der Waals surface area (Å²) < 4.78 is 30.8. The Hall–Kier alpha value is -3.50. The normalized spacial score (nSPS) is 11.0. The van der Waals surface area contributed by atoms with Crippen LogP contribution in [0, 0.1) is 0 Å². The molecule has 0 saturated heterocycles. The molecule has 10 heteroatoms. The first kappa shape index (κ1) is 20.2. The molecule has 0 unspecified atom stereocenters. The van der Waals surface area contributed by atoms with Gasteiger partial charge in [0.05, 0.1) is 17.6 Å². The molecule has 29 heavy (non-hydrogen) atoms. The highest BCUT2D eigenvalue weighted by Crippen LogP contribution is 2.21. The van der Waals surface area contributed by atoms with Crippen molar-refractivity contribution in [2.24, 2.45) is 0 Å². The molecule has 3 rings (SSSR count). The minimum atomic E-state index is -3.54. The standard InChI is InChI=1S/C19H19N5O4S/c1-20-29(26,27)16-5-3-4-15(10-16)24-18-11-17(21-12-22-18)23-14-8-6-13(7-9-14)19(25)28-2/h3-12,20H,1-2H3,(H2,21,22,23,24). The van der Waals surface area contributed by atoms with Gasteiger partial charge in [-0.1, -0.05) is 6.07 Å². The number of anilines is 4. The summed E-state index contributed by atoms with van der Waals surface area (Å²) in [7, 11) is -0.858. The van der Waals surface area contributed by atoms with Gasteiger partial charge in [-0.2, -0.15) is 0 Å². The second-order valence-corrected chi connectivity index (χ2v) is 7.73. The van der Waals surface area contributed by atoms with Crippen LogP contribution in [0.15, 0.2) is 65.8 Å². The smallest absolute Gasteiger partial charge is 0.337 e. The molecule has 150 valence electrons. The molecule has 9 nitrogen and oxygen atoms in total. The van der Waals surface area contributed by atoms with E-state index in [4.69, 9.17) is 0 Å². The number of carbonyl (C=O) groups is 1. The maximum Gasteiger partial charge on any atom is 0.337 e. The highest BCUT2D eigenvalue weighted by Gasteiger charge is 2.12. The van der Waals surface area contributed by atoms with E-state index in [0.29, 0.717) is 22.9 Å². The number of rotatable bonds is 7. The number of sulfonamides is 1. The van der Waals surface area contributed by atoms with Crippen molar-refractivity contribution in [2.75, 3.05) is 24.8 Å². The SMILES string of the molecule is CNS(=O)(=O)c1cccc(Nc2cc(Nc3ccc(C(=O)OC)cc3)ncn2)c1. The molecule has 0 fully saturated rings. The minimum absolute atomic E-state index is 0.142. The summed E-state index contributed by atoms with van der Waals surface area (Å²) >= 11 is 0. The molecular formula is C19H19N5O4S. The van der Waals surface area contributed by atoms with Crippen LogP contribution in [0.1, 0.15) is 10.4 Å². The van der Waals surface area contributed by atoms with Crippen molar-refractivity contribution in [2.45, 2.75) is 4.90 Å². The Morgan fingerprint density at radius 1 is 0.931 bits per heavy atom. The quantitative estimate of drug-likeness (QED) is 0.505. The number of aromatic nitrogens is 2. The molecule has 3 aromatic rings. The fourth-order valence-electron chi connectivity index (χ4n) is 2.46. The Morgan fingerprint density at radius 3 is 2.21 bits per heavy atom. The van der Waals surface area contributed by atoms with Crippen molar-refractivity contribution in [1.82, 2.24) is 14.7 Å². The summed E-state index contributed by atoms with van der Waals surface area (Å²) in [6.07, 6.45) is 1.38. The molecule has 0 spiro atoms. The van der Waals surface area contributed by atoms with Crippen LogP contribution < -0.4 is 15.4 Å². The zero-order valence-electron chi connectivity index (χ0n) is 15.7. The maximum atomic E-state index is 11.9. The van der Waals surface area contributed by atoms with Gasteiger partial charge >= 0.3 is 5.97 Å². The van der Waals surface area contributed by atoms with E-state index < -0.39 is 16.0 Å². The first-order valence-corrected chi connectivity index (χ1v) is 9.97. The van der Waals surface area contributed by atoms with E-state index in [1.165, 1.54) is 32.6 Å². The van der Waals surface area contributed by atoms with Crippen LogP contribution in [0.25, 0.3) is 0 Å². The third-order valence-corrected chi connectivity index (χ3v) is 5.34. The molecule has 2 aromatic carbocycles. The van der Waals surface area contributed by atoms with E-state index in [2.05, 4.69) is 30.1 Å². The van der Waals surface area contributed by atoms with Crippen molar-refractivity contribution in [3.63, 3.8) is 0 Å². The Balaban J connectivity index is 1.75. The maximum absolute atomic E-state index is 11.9. The van der Waals surface area contributed by atoms with Crippen LogP contribution in [0.2, 0.25) is 0 Å². The van der Waals surface area contributed by atoms with Gasteiger partial charge in [0, 0.05) is 17.4 Å². The number of ether oxygens (including phenoxy) is 1. The molecule has 0 aliphatic rings. The predicted octanol–water partition coefficient (Wildman–Crippen LogP) is 2.66. The van der Waals surface area contributed by atoms with Crippen LogP contribution in [0.4, 0.5) is 23.0 Å². The number of methoxy groups -OCH3 is 1. The van der Waals surface area contributed by atoms with Crippen molar-refractivity contribution in [3.8, 4) is 0 Å². The van der Waals surface area contributed by atoms with Crippen molar-refractivity contribution < 1.29 is 17.9 Å². The van der Waals surface area contributed by atoms with E-state index in [1.54, 1.807) is 42.5 Å². The Labute approximate surface area is 168 Å². The average Bonchev–Trinajstić information content (AvgIpc) is 2.74. The number of carbonyl (C=O) groups excluding carboxylic acids is 1. The summed E-state index contributed by atoms with van der Waals surface area (Å²) in [5.74, 6) is 0.590.